The topological polar surface area (TPSA) is 54.0 Å². The van der Waals surface area contributed by atoms with Crippen molar-refractivity contribution in [2.45, 2.75) is 6.42 Å². The Hall–Kier alpha value is -1.89. The second-order valence-corrected chi connectivity index (χ2v) is 2.39. The zero-order chi connectivity index (χ0) is 8.39. The zero-order valence-electron chi connectivity index (χ0n) is 6.31. The number of rotatable bonds is 1. The van der Waals surface area contributed by atoms with Crippen molar-refractivity contribution in [2.24, 2.45) is 0 Å². The van der Waals surface area contributed by atoms with Gasteiger partial charge in [-0.25, -0.2) is 4.98 Å². The summed E-state index contributed by atoms with van der Waals surface area (Å²) in [4.78, 5) is 8.04. The lowest BCUT2D eigenvalue weighted by Crippen LogP contribution is -1.92. The van der Waals surface area contributed by atoms with E-state index in [0.717, 1.165) is 11.2 Å². The molecule has 0 aromatic carbocycles. The summed E-state index contributed by atoms with van der Waals surface area (Å²) < 4.78 is 1.85. The molecule has 0 aliphatic carbocycles. The van der Waals surface area contributed by atoms with E-state index in [-0.39, 0.29) is 0 Å². The normalized spacial score (nSPS) is 9.92. The minimum Gasteiger partial charge on any atom is -0.303 e. The van der Waals surface area contributed by atoms with Crippen LogP contribution in [-0.2, 0) is 6.42 Å². The summed E-state index contributed by atoms with van der Waals surface area (Å²) >= 11 is 0. The molecule has 58 valence electrons. The summed E-state index contributed by atoms with van der Waals surface area (Å²) in [5, 5.41) is 8.50. The van der Waals surface area contributed by atoms with Gasteiger partial charge in [-0.15, -0.1) is 0 Å². The van der Waals surface area contributed by atoms with Crippen molar-refractivity contribution in [1.29, 1.82) is 5.26 Å². The molecule has 0 atom stereocenters. The van der Waals surface area contributed by atoms with Crippen LogP contribution in [0.1, 0.15) is 5.69 Å². The Morgan fingerprint density at radius 3 is 3.33 bits per heavy atom. The average molecular weight is 158 g/mol. The molecule has 2 aromatic heterocycles. The third kappa shape index (κ3) is 0.920. The zero-order valence-corrected chi connectivity index (χ0v) is 6.31. The van der Waals surface area contributed by atoms with E-state index in [1.54, 1.807) is 18.7 Å². The predicted octanol–water partition coefficient (Wildman–Crippen LogP) is 0.795. The van der Waals surface area contributed by atoms with Crippen LogP contribution in [0.4, 0.5) is 0 Å². The summed E-state index contributed by atoms with van der Waals surface area (Å²) in [5.74, 6) is 0. The number of imidazole rings is 1. The van der Waals surface area contributed by atoms with Crippen LogP contribution in [0.25, 0.3) is 5.52 Å². The Bertz CT molecular complexity index is 437. The first kappa shape index (κ1) is 6.80. The van der Waals surface area contributed by atoms with Crippen LogP contribution in [0, 0.1) is 11.3 Å². The van der Waals surface area contributed by atoms with Gasteiger partial charge in [0.15, 0.2) is 0 Å². The van der Waals surface area contributed by atoms with Crippen LogP contribution < -0.4 is 0 Å². The molecule has 0 bridgehead atoms. The summed E-state index contributed by atoms with van der Waals surface area (Å²) in [6.07, 6.45) is 7.21. The maximum Gasteiger partial charge on any atom is 0.0993 e. The van der Waals surface area contributed by atoms with Gasteiger partial charge in [0.2, 0.25) is 0 Å². The summed E-state index contributed by atoms with van der Waals surface area (Å²) in [7, 11) is 0. The van der Waals surface area contributed by atoms with E-state index >= 15 is 0 Å². The highest BCUT2D eigenvalue weighted by Crippen LogP contribution is 2.06. The average Bonchev–Trinajstić information content (AvgIpc) is 2.53. The number of nitriles is 1. The Morgan fingerprint density at radius 2 is 2.50 bits per heavy atom. The van der Waals surface area contributed by atoms with Crippen molar-refractivity contribution in [1.82, 2.24) is 14.4 Å². The summed E-state index contributed by atoms with van der Waals surface area (Å²) in [6, 6.07) is 2.06. The molecular weight excluding hydrogens is 152 g/mol. The van der Waals surface area contributed by atoms with Gasteiger partial charge in [0.25, 0.3) is 0 Å². The number of fused-ring (bicyclic) bond motifs is 1. The van der Waals surface area contributed by atoms with Gasteiger partial charge in [-0.2, -0.15) is 5.26 Å². The van der Waals surface area contributed by atoms with Crippen molar-refractivity contribution in [2.75, 3.05) is 0 Å². The molecule has 0 fully saturated rings. The van der Waals surface area contributed by atoms with Gasteiger partial charge < -0.3 is 4.40 Å². The Balaban J connectivity index is 2.67. The van der Waals surface area contributed by atoms with Gasteiger partial charge in [0, 0.05) is 12.4 Å². The molecule has 12 heavy (non-hydrogen) atoms. The van der Waals surface area contributed by atoms with Crippen molar-refractivity contribution in [3.63, 3.8) is 0 Å². The fraction of sp³-hybridized carbons (Fsp3) is 0.125. The van der Waals surface area contributed by atoms with E-state index in [2.05, 4.69) is 16.0 Å². The second-order valence-electron chi connectivity index (χ2n) is 2.39. The molecule has 0 radical (unpaired) electrons. The molecule has 0 saturated heterocycles. The lowest BCUT2D eigenvalue weighted by Gasteiger charge is -1.96. The van der Waals surface area contributed by atoms with Gasteiger partial charge in [-0.05, 0) is 0 Å². The van der Waals surface area contributed by atoms with Crippen molar-refractivity contribution >= 4 is 5.52 Å². The van der Waals surface area contributed by atoms with E-state index in [1.165, 1.54) is 0 Å². The molecule has 2 rings (SSSR count). The smallest absolute Gasteiger partial charge is 0.0993 e. The van der Waals surface area contributed by atoms with Crippen LogP contribution >= 0.6 is 0 Å². The first-order valence-corrected chi connectivity index (χ1v) is 3.54. The number of hydrogen-bond donors (Lipinski definition) is 0. The summed E-state index contributed by atoms with van der Waals surface area (Å²) in [6.45, 7) is 0. The number of aromatic nitrogens is 3. The second kappa shape index (κ2) is 2.62. The lowest BCUT2D eigenvalue weighted by atomic mass is 10.3. The van der Waals surface area contributed by atoms with E-state index < -0.39 is 0 Å². The number of hydrogen-bond acceptors (Lipinski definition) is 3. The van der Waals surface area contributed by atoms with E-state index in [0.29, 0.717) is 6.42 Å². The molecule has 4 heteroatoms. The Morgan fingerprint density at radius 1 is 1.58 bits per heavy atom. The Kier molecular flexibility index (Phi) is 1.49. The molecule has 2 aromatic rings. The fourth-order valence-electron chi connectivity index (χ4n) is 1.12. The van der Waals surface area contributed by atoms with Crippen LogP contribution in [0.5, 0.6) is 0 Å². The Labute approximate surface area is 69.1 Å². The first-order chi connectivity index (χ1) is 5.92. The quantitative estimate of drug-likeness (QED) is 0.616. The lowest BCUT2D eigenvalue weighted by molar-refractivity contribution is 1.05. The van der Waals surface area contributed by atoms with Gasteiger partial charge >= 0.3 is 0 Å². The molecule has 0 saturated carbocycles. The highest BCUT2D eigenvalue weighted by Gasteiger charge is 2.00. The van der Waals surface area contributed by atoms with Crippen molar-refractivity contribution in [3.8, 4) is 6.07 Å². The molecule has 0 aliphatic heterocycles. The van der Waals surface area contributed by atoms with E-state index in [4.69, 9.17) is 5.26 Å². The van der Waals surface area contributed by atoms with Crippen LogP contribution in [0.2, 0.25) is 0 Å². The van der Waals surface area contributed by atoms with E-state index in [9.17, 15) is 0 Å². The van der Waals surface area contributed by atoms with E-state index in [1.807, 2.05) is 10.6 Å². The van der Waals surface area contributed by atoms with Gasteiger partial charge in [0.1, 0.15) is 0 Å². The maximum atomic E-state index is 8.50. The molecule has 0 amide bonds. The maximum absolute atomic E-state index is 8.50. The number of nitrogens with zero attached hydrogens (tertiary/aromatic N) is 4. The third-order valence-electron chi connectivity index (χ3n) is 1.67. The van der Waals surface area contributed by atoms with Crippen LogP contribution in [0.15, 0.2) is 24.9 Å². The molecule has 4 nitrogen and oxygen atoms in total. The molecule has 0 unspecified atom stereocenters. The molecule has 0 N–H and O–H groups in total. The van der Waals surface area contributed by atoms with Crippen molar-refractivity contribution in [3.05, 3.63) is 30.6 Å². The predicted molar refractivity (Wildman–Crippen MR) is 42.3 cm³/mol. The fourth-order valence-corrected chi connectivity index (χ4v) is 1.12. The molecule has 0 spiro atoms. The third-order valence-corrected chi connectivity index (χ3v) is 1.67. The first-order valence-electron chi connectivity index (χ1n) is 3.54. The minimum absolute atomic E-state index is 0.329. The van der Waals surface area contributed by atoms with Gasteiger partial charge in [-0.3, -0.25) is 4.98 Å². The van der Waals surface area contributed by atoms with Gasteiger partial charge in [0.05, 0.1) is 36.2 Å². The van der Waals surface area contributed by atoms with Crippen LogP contribution in [0.3, 0.4) is 0 Å². The minimum atomic E-state index is 0.329. The molecule has 0 aliphatic rings. The largest absolute Gasteiger partial charge is 0.303 e. The molecular formula is C8H6N4. The monoisotopic (exact) mass is 158 g/mol. The molecule has 2 heterocycles. The standard InChI is InChI=1S/C8H6N4/c9-2-1-7-8-5-10-6-12(8)4-3-11-7/h3-6H,1H2. The van der Waals surface area contributed by atoms with Crippen LogP contribution in [-0.4, -0.2) is 14.4 Å². The highest BCUT2D eigenvalue weighted by atomic mass is 15.0. The highest BCUT2D eigenvalue weighted by molar-refractivity contribution is 5.50. The SMILES string of the molecule is N#CCc1nccn2cncc12. The van der Waals surface area contributed by atoms with Gasteiger partial charge in [-0.1, -0.05) is 0 Å². The summed E-state index contributed by atoms with van der Waals surface area (Å²) in [5.41, 5.74) is 1.68. The van der Waals surface area contributed by atoms with Crippen molar-refractivity contribution < 1.29 is 0 Å².